The van der Waals surface area contributed by atoms with E-state index in [1.807, 2.05) is 0 Å². The van der Waals surface area contributed by atoms with Crippen LogP contribution in [0.2, 0.25) is 0 Å². The van der Waals surface area contributed by atoms with Crippen molar-refractivity contribution in [2.75, 3.05) is 11.9 Å². The van der Waals surface area contributed by atoms with Crippen LogP contribution in [0.25, 0.3) is 0 Å². The second-order valence-corrected chi connectivity index (χ2v) is 3.58. The van der Waals surface area contributed by atoms with E-state index in [1.165, 1.54) is 0 Å². The first-order valence-corrected chi connectivity index (χ1v) is 5.16. The van der Waals surface area contributed by atoms with Gasteiger partial charge in [-0.25, -0.2) is 4.98 Å². The Morgan fingerprint density at radius 2 is 2.40 bits per heavy atom. The highest BCUT2D eigenvalue weighted by molar-refractivity contribution is 5.93. The third-order valence-electron chi connectivity index (χ3n) is 2.44. The smallest absolute Gasteiger partial charge is 0.242 e. The van der Waals surface area contributed by atoms with Gasteiger partial charge in [0.15, 0.2) is 5.82 Å². The van der Waals surface area contributed by atoms with Gasteiger partial charge in [0, 0.05) is 12.4 Å². The van der Waals surface area contributed by atoms with Gasteiger partial charge in [0.05, 0.1) is 12.2 Å². The minimum atomic E-state index is -0.0826. The molecule has 1 fully saturated rings. The molecule has 5 nitrogen and oxygen atoms in total. The molecule has 80 valence electrons. The average Bonchev–Trinajstić information content (AvgIpc) is 2.31. The molecule has 1 aromatic heterocycles. The van der Waals surface area contributed by atoms with Crippen LogP contribution in [-0.2, 0) is 4.79 Å². The molecule has 0 bridgehead atoms. The zero-order chi connectivity index (χ0) is 10.5. The second kappa shape index (κ2) is 4.84. The van der Waals surface area contributed by atoms with E-state index in [0.29, 0.717) is 5.82 Å². The van der Waals surface area contributed by atoms with Crippen molar-refractivity contribution < 1.29 is 4.79 Å². The molecule has 2 heterocycles. The summed E-state index contributed by atoms with van der Waals surface area (Å²) < 4.78 is 0. The van der Waals surface area contributed by atoms with Crippen LogP contribution >= 0.6 is 0 Å². The van der Waals surface area contributed by atoms with Gasteiger partial charge >= 0.3 is 0 Å². The molecule has 2 N–H and O–H groups in total. The SMILES string of the molecule is O=C(Nc1cnccn1)C1CCCCN1. The quantitative estimate of drug-likeness (QED) is 0.742. The fraction of sp³-hybridized carbons (Fsp3) is 0.500. The van der Waals surface area contributed by atoms with E-state index in [0.717, 1.165) is 25.8 Å². The summed E-state index contributed by atoms with van der Waals surface area (Å²) in [6.45, 7) is 0.915. The Morgan fingerprint density at radius 3 is 3.07 bits per heavy atom. The van der Waals surface area contributed by atoms with Gasteiger partial charge in [-0.3, -0.25) is 9.78 Å². The van der Waals surface area contributed by atoms with E-state index in [1.54, 1.807) is 18.6 Å². The number of nitrogens with zero attached hydrogens (tertiary/aromatic N) is 2. The van der Waals surface area contributed by atoms with Crippen molar-refractivity contribution >= 4 is 11.7 Å². The molecule has 1 aliphatic rings. The van der Waals surface area contributed by atoms with Crippen molar-refractivity contribution in [3.8, 4) is 0 Å². The predicted octanol–water partition coefficient (Wildman–Crippen LogP) is 0.557. The molecule has 0 saturated carbocycles. The maximum atomic E-state index is 11.7. The van der Waals surface area contributed by atoms with Crippen LogP contribution in [0.3, 0.4) is 0 Å². The Labute approximate surface area is 88.3 Å². The van der Waals surface area contributed by atoms with Gasteiger partial charge in [0.1, 0.15) is 0 Å². The minimum absolute atomic E-state index is 0.0183. The first kappa shape index (κ1) is 10.0. The van der Waals surface area contributed by atoms with E-state index in [2.05, 4.69) is 20.6 Å². The molecule has 0 aromatic carbocycles. The summed E-state index contributed by atoms with van der Waals surface area (Å²) in [6, 6.07) is -0.0826. The van der Waals surface area contributed by atoms with E-state index < -0.39 is 0 Å². The number of piperidine rings is 1. The van der Waals surface area contributed by atoms with E-state index in [9.17, 15) is 4.79 Å². The van der Waals surface area contributed by atoms with Crippen molar-refractivity contribution in [2.24, 2.45) is 0 Å². The first-order valence-electron chi connectivity index (χ1n) is 5.16. The molecule has 2 rings (SSSR count). The third kappa shape index (κ3) is 2.73. The Balaban J connectivity index is 1.91. The van der Waals surface area contributed by atoms with Crippen LogP contribution in [0.15, 0.2) is 18.6 Å². The fourth-order valence-corrected chi connectivity index (χ4v) is 1.65. The number of hydrogen-bond donors (Lipinski definition) is 2. The lowest BCUT2D eigenvalue weighted by Crippen LogP contribution is -2.43. The van der Waals surface area contributed by atoms with Gasteiger partial charge < -0.3 is 10.6 Å². The molecule has 0 radical (unpaired) electrons. The fourth-order valence-electron chi connectivity index (χ4n) is 1.65. The summed E-state index contributed by atoms with van der Waals surface area (Å²) >= 11 is 0. The maximum absolute atomic E-state index is 11.7. The van der Waals surface area contributed by atoms with Gasteiger partial charge in [0.2, 0.25) is 5.91 Å². The average molecular weight is 206 g/mol. The Kier molecular flexibility index (Phi) is 3.24. The normalized spacial score (nSPS) is 20.9. The molecular weight excluding hydrogens is 192 g/mol. The molecule has 15 heavy (non-hydrogen) atoms. The first-order chi connectivity index (χ1) is 7.36. The lowest BCUT2D eigenvalue weighted by Gasteiger charge is -2.22. The number of amides is 1. The number of aromatic nitrogens is 2. The molecule has 1 unspecified atom stereocenters. The van der Waals surface area contributed by atoms with Crippen molar-refractivity contribution in [2.45, 2.75) is 25.3 Å². The highest BCUT2D eigenvalue weighted by Gasteiger charge is 2.20. The van der Waals surface area contributed by atoms with Gasteiger partial charge in [-0.05, 0) is 19.4 Å². The number of anilines is 1. The number of nitrogens with one attached hydrogen (secondary N) is 2. The molecule has 1 aliphatic heterocycles. The van der Waals surface area contributed by atoms with E-state index in [4.69, 9.17) is 0 Å². The highest BCUT2D eigenvalue weighted by Crippen LogP contribution is 2.08. The Hall–Kier alpha value is -1.49. The van der Waals surface area contributed by atoms with E-state index in [-0.39, 0.29) is 11.9 Å². The predicted molar refractivity (Wildman–Crippen MR) is 56.3 cm³/mol. The topological polar surface area (TPSA) is 66.9 Å². The molecule has 1 saturated heterocycles. The van der Waals surface area contributed by atoms with Crippen LogP contribution in [0.4, 0.5) is 5.82 Å². The number of hydrogen-bond acceptors (Lipinski definition) is 4. The molecule has 5 heteroatoms. The second-order valence-electron chi connectivity index (χ2n) is 3.58. The summed E-state index contributed by atoms with van der Waals surface area (Å²) in [7, 11) is 0. The lowest BCUT2D eigenvalue weighted by molar-refractivity contribution is -0.118. The largest absolute Gasteiger partial charge is 0.308 e. The number of carbonyl (C=O) groups excluding carboxylic acids is 1. The van der Waals surface area contributed by atoms with Crippen LogP contribution in [0.5, 0.6) is 0 Å². The van der Waals surface area contributed by atoms with Gasteiger partial charge in [0.25, 0.3) is 0 Å². The standard InChI is InChI=1S/C10H14N4O/c15-10(8-3-1-2-4-12-8)14-9-7-11-5-6-13-9/h5-8,12H,1-4H2,(H,13,14,15). The highest BCUT2D eigenvalue weighted by atomic mass is 16.2. The van der Waals surface area contributed by atoms with Crippen LogP contribution < -0.4 is 10.6 Å². The molecule has 1 atom stereocenters. The molecule has 1 aromatic rings. The molecule has 0 aliphatic carbocycles. The summed E-state index contributed by atoms with van der Waals surface area (Å²) in [5.41, 5.74) is 0. The van der Waals surface area contributed by atoms with Gasteiger partial charge in [-0.15, -0.1) is 0 Å². The van der Waals surface area contributed by atoms with Crippen LogP contribution in [-0.4, -0.2) is 28.5 Å². The number of carbonyl (C=O) groups is 1. The van der Waals surface area contributed by atoms with E-state index >= 15 is 0 Å². The van der Waals surface area contributed by atoms with Crippen molar-refractivity contribution in [3.63, 3.8) is 0 Å². The maximum Gasteiger partial charge on any atom is 0.242 e. The van der Waals surface area contributed by atoms with Gasteiger partial charge in [-0.1, -0.05) is 6.42 Å². The molecular formula is C10H14N4O. The Bertz CT molecular complexity index is 321. The zero-order valence-corrected chi connectivity index (χ0v) is 8.44. The molecule has 0 spiro atoms. The van der Waals surface area contributed by atoms with Crippen molar-refractivity contribution in [1.82, 2.24) is 15.3 Å². The minimum Gasteiger partial charge on any atom is -0.308 e. The summed E-state index contributed by atoms with van der Waals surface area (Å²) in [5, 5.41) is 5.92. The summed E-state index contributed by atoms with van der Waals surface area (Å²) in [5.74, 6) is 0.491. The third-order valence-corrected chi connectivity index (χ3v) is 2.44. The monoisotopic (exact) mass is 206 g/mol. The van der Waals surface area contributed by atoms with Crippen molar-refractivity contribution in [3.05, 3.63) is 18.6 Å². The van der Waals surface area contributed by atoms with Gasteiger partial charge in [-0.2, -0.15) is 0 Å². The lowest BCUT2D eigenvalue weighted by atomic mass is 10.0. The Morgan fingerprint density at radius 1 is 1.47 bits per heavy atom. The number of rotatable bonds is 2. The van der Waals surface area contributed by atoms with Crippen molar-refractivity contribution in [1.29, 1.82) is 0 Å². The zero-order valence-electron chi connectivity index (χ0n) is 8.44. The van der Waals surface area contributed by atoms with Crippen LogP contribution in [0.1, 0.15) is 19.3 Å². The summed E-state index contributed by atoms with van der Waals surface area (Å²) in [6.07, 6.45) is 7.83. The van der Waals surface area contributed by atoms with Crippen LogP contribution in [0, 0.1) is 0 Å². The summed E-state index contributed by atoms with van der Waals surface area (Å²) in [4.78, 5) is 19.6. The molecule has 1 amide bonds.